The highest BCUT2D eigenvalue weighted by atomic mass is 35.5. The van der Waals surface area contributed by atoms with Crippen LogP contribution in [0.15, 0.2) is 95.0 Å². The van der Waals surface area contributed by atoms with Crippen LogP contribution in [-0.2, 0) is 78.1 Å². The van der Waals surface area contributed by atoms with Crippen LogP contribution in [0.25, 0.3) is 0 Å². The average Bonchev–Trinajstić information content (AvgIpc) is 1.62. The van der Waals surface area contributed by atoms with Gasteiger partial charge in [-0.05, 0) is 215 Å². The number of ether oxygens (including phenoxy) is 4. The van der Waals surface area contributed by atoms with Gasteiger partial charge in [0.05, 0.1) is 47.4 Å². The number of fused-ring (bicyclic) bond motifs is 2. The predicted molar refractivity (Wildman–Crippen MR) is 405 cm³/mol. The number of alkyl carbamates (subject to hydrolysis) is 2. The van der Waals surface area contributed by atoms with E-state index in [-0.39, 0.29) is 83.8 Å². The van der Waals surface area contributed by atoms with Crippen molar-refractivity contribution in [2.24, 2.45) is 23.7 Å². The molecule has 0 unspecified atom stereocenters. The second kappa shape index (κ2) is 35.7. The van der Waals surface area contributed by atoms with E-state index in [2.05, 4.69) is 61.1 Å². The van der Waals surface area contributed by atoms with Gasteiger partial charge in [-0.3, -0.25) is 28.8 Å². The summed E-state index contributed by atoms with van der Waals surface area (Å²) in [6.45, 7) is 22.9. The van der Waals surface area contributed by atoms with Gasteiger partial charge in [-0.15, -0.1) is 10.2 Å². The molecule has 4 amide bonds. The molecule has 2 fully saturated rings. The summed E-state index contributed by atoms with van der Waals surface area (Å²) in [5, 5.41) is 30.9. The molecule has 0 saturated carbocycles. The maximum absolute atomic E-state index is 13.5. The molecular weight excluding hydrogens is 1480 g/mol. The monoisotopic (exact) mass is 1580 g/mol. The normalized spacial score (nSPS) is 20.5. The summed E-state index contributed by atoms with van der Waals surface area (Å²) in [4.78, 5) is 57.1. The molecule has 10 rings (SSSR count). The van der Waals surface area contributed by atoms with Gasteiger partial charge in [0.25, 0.3) is 0 Å². The number of carbonyl (C=O) groups is 4. The molecule has 578 valence electrons. The van der Waals surface area contributed by atoms with Gasteiger partial charge in [-0.2, -0.15) is 0 Å². The minimum atomic E-state index is -3.86. The fraction of sp³-hybridized carbons (Fsp3) is 0.568. The van der Waals surface area contributed by atoms with Crippen molar-refractivity contribution in [3.63, 3.8) is 0 Å². The molecule has 0 radical (unpaired) electrons. The van der Waals surface area contributed by atoms with Crippen molar-refractivity contribution in [1.82, 2.24) is 70.5 Å². The lowest BCUT2D eigenvalue weighted by atomic mass is 9.77. The Hall–Kier alpha value is -6.86. The van der Waals surface area contributed by atoms with E-state index < -0.39 is 67.5 Å². The lowest BCUT2D eigenvalue weighted by molar-refractivity contribution is -0.130. The lowest BCUT2D eigenvalue weighted by Gasteiger charge is -2.39. The minimum Gasteiger partial charge on any atom is -0.484 e. The second-order valence-corrected chi connectivity index (χ2v) is 35.5. The zero-order valence-corrected chi connectivity index (χ0v) is 66.5. The van der Waals surface area contributed by atoms with Crippen molar-refractivity contribution in [2.75, 3.05) is 39.3 Å². The average molecular weight is 1580 g/mol. The van der Waals surface area contributed by atoms with Crippen LogP contribution in [0.2, 0.25) is 20.1 Å². The topological polar surface area (TPSA) is 314 Å². The SMILES string of the molecule is C[C@H]([C@H](C)[C@@H](C)C(=O)NCc1cn(CCCCNS(=O)(=O)c2ccc(O[C@H]3c4cc(Cl)cc(Cl)c4C[C@@H]3N3CCC[C@@H](NC(=O)OC(C)(C)C)C3)cc2)nn1)[C@H](C)C(=O)NCc1cn(CCCCNS(=O)(=O)c2ccc(O[C@H]3c4cc(Cl)cc(Cl)c4C[C@@H]3N3CCC[C@@H](NC(=O)OC(C)(C)C)C3)cc2)nn1. The number of halogens is 4. The minimum absolute atomic E-state index is 0.0876. The molecule has 10 atom stereocenters. The summed E-state index contributed by atoms with van der Waals surface area (Å²) < 4.78 is 86.9. The van der Waals surface area contributed by atoms with E-state index in [1.54, 1.807) is 58.2 Å². The number of aryl methyl sites for hydroxylation is 2. The molecule has 26 nitrogen and oxygen atoms in total. The number of benzene rings is 4. The lowest BCUT2D eigenvalue weighted by Crippen LogP contribution is -2.53. The fourth-order valence-corrected chi connectivity index (χ4v) is 17.5. The smallest absolute Gasteiger partial charge is 0.407 e. The number of unbranched alkanes of at least 4 members (excludes halogenated alkanes) is 2. The summed E-state index contributed by atoms with van der Waals surface area (Å²) in [5.74, 6) is -0.649. The molecular formula is C74H100Cl4N14O12S2. The first kappa shape index (κ1) is 81.7. The predicted octanol–water partition coefficient (Wildman–Crippen LogP) is 11.5. The molecule has 2 saturated heterocycles. The zero-order chi connectivity index (χ0) is 76.4. The summed E-state index contributed by atoms with van der Waals surface area (Å²) >= 11 is 26.5. The van der Waals surface area contributed by atoms with E-state index in [4.69, 9.17) is 65.4 Å². The van der Waals surface area contributed by atoms with Crippen molar-refractivity contribution in [3.8, 4) is 11.5 Å². The van der Waals surface area contributed by atoms with Gasteiger partial charge in [0.1, 0.15) is 46.3 Å². The van der Waals surface area contributed by atoms with Crippen molar-refractivity contribution in [1.29, 1.82) is 0 Å². The van der Waals surface area contributed by atoms with Crippen LogP contribution in [-0.4, -0.2) is 155 Å². The third kappa shape index (κ3) is 22.2. The number of aromatic nitrogens is 6. The Morgan fingerprint density at radius 2 is 0.925 bits per heavy atom. The Balaban J connectivity index is 0.598. The number of hydrogen-bond acceptors (Lipinski definition) is 18. The highest BCUT2D eigenvalue weighted by molar-refractivity contribution is 7.89. The molecule has 0 spiro atoms. The van der Waals surface area contributed by atoms with Crippen LogP contribution in [0, 0.1) is 23.7 Å². The highest BCUT2D eigenvalue weighted by Gasteiger charge is 2.44. The van der Waals surface area contributed by atoms with E-state index in [1.165, 1.54) is 24.3 Å². The summed E-state index contributed by atoms with van der Waals surface area (Å²) in [6.07, 6.45) is 8.39. The van der Waals surface area contributed by atoms with Crippen molar-refractivity contribution < 1.29 is 55.0 Å². The number of likely N-dealkylation sites (tertiary alicyclic amines) is 2. The molecule has 6 aromatic rings. The van der Waals surface area contributed by atoms with Crippen LogP contribution in [0.5, 0.6) is 11.5 Å². The van der Waals surface area contributed by atoms with Crippen LogP contribution in [0.4, 0.5) is 9.59 Å². The van der Waals surface area contributed by atoms with Gasteiger partial charge in [0.2, 0.25) is 31.9 Å². The van der Waals surface area contributed by atoms with Crippen LogP contribution in [0.3, 0.4) is 0 Å². The summed E-state index contributed by atoms with van der Waals surface area (Å²) in [6, 6.07) is 19.3. The van der Waals surface area contributed by atoms with E-state index in [0.29, 0.717) is 108 Å². The highest BCUT2D eigenvalue weighted by Crippen LogP contribution is 2.46. The largest absolute Gasteiger partial charge is 0.484 e. The van der Waals surface area contributed by atoms with Gasteiger partial charge in [0.15, 0.2) is 0 Å². The third-order valence-electron chi connectivity index (χ3n) is 20.1. The zero-order valence-electron chi connectivity index (χ0n) is 61.8. The first-order valence-electron chi connectivity index (χ1n) is 36.4. The number of amides is 4. The third-order valence-corrected chi connectivity index (χ3v) is 24.2. The molecule has 32 heteroatoms. The standard InChI is InChI=1S/C74H100Cl4N14O12S2/c1-45(47(3)69(93)79-39-53-43-91(87-85-53)31-13-11-27-81-105(97,98)57-23-19-55(20-24-57)101-67-61-33-49(75)35-63(77)59(61)37-65(67)89-29-15-17-51(41-89)83-71(95)103-73(5,6)7)46(2)48(4)70(94)80-40-54-44-92(88-86-54)32-14-12-28-82-106(99,100)58-25-21-56(22-26-58)102-68-62-34-50(76)36-64(78)60(62)38-66(68)90-30-16-18-52(42-90)84-72(96)104-74(8,9)10/h19-26,33-36,43-48,51-52,65-68,81-82H,11-18,27-32,37-42H2,1-10H3,(H,79,93)(H,80,94)(H,83,95)(H,84,96)/t45-,46+,47+,48-,51-,52-,65+,66+,67+,68+/m1/s1. The van der Waals surface area contributed by atoms with Gasteiger partial charge >= 0.3 is 12.2 Å². The summed E-state index contributed by atoms with van der Waals surface area (Å²) in [5.41, 5.74) is 3.47. The maximum atomic E-state index is 13.5. The quantitative estimate of drug-likeness (QED) is 0.0220. The Morgan fingerprint density at radius 1 is 0.547 bits per heavy atom. The first-order chi connectivity index (χ1) is 50.1. The Morgan fingerprint density at radius 3 is 1.29 bits per heavy atom. The van der Waals surface area contributed by atoms with E-state index in [9.17, 15) is 36.0 Å². The molecule has 4 aliphatic rings. The van der Waals surface area contributed by atoms with Crippen molar-refractivity contribution in [3.05, 3.63) is 139 Å². The number of sulfonamides is 2. The molecule has 4 heterocycles. The van der Waals surface area contributed by atoms with Gasteiger partial charge in [-0.25, -0.2) is 35.9 Å². The molecule has 2 aliphatic heterocycles. The second-order valence-electron chi connectivity index (χ2n) is 30.3. The Kier molecular flexibility index (Phi) is 27.5. The van der Waals surface area contributed by atoms with Crippen LogP contribution in [0.1, 0.15) is 166 Å². The Labute approximate surface area is 642 Å². The molecule has 106 heavy (non-hydrogen) atoms. The maximum Gasteiger partial charge on any atom is 0.407 e. The van der Waals surface area contributed by atoms with Crippen LogP contribution < -0.4 is 40.2 Å². The molecule has 6 N–H and O–H groups in total. The molecule has 2 aromatic heterocycles. The number of hydrogen-bond donors (Lipinski definition) is 6. The van der Waals surface area contributed by atoms with Crippen molar-refractivity contribution in [2.45, 2.75) is 217 Å². The van der Waals surface area contributed by atoms with E-state index in [0.717, 1.165) is 61.0 Å². The fourth-order valence-electron chi connectivity index (χ4n) is 14.1. The van der Waals surface area contributed by atoms with Crippen LogP contribution >= 0.6 is 46.4 Å². The number of rotatable bonds is 31. The van der Waals surface area contributed by atoms with Gasteiger partial charge in [-0.1, -0.05) is 84.5 Å². The number of nitrogens with zero attached hydrogens (tertiary/aromatic N) is 8. The van der Waals surface area contributed by atoms with E-state index in [1.807, 2.05) is 81.4 Å². The number of piperidine rings is 2. The Bertz CT molecular complexity index is 4000. The molecule has 0 bridgehead atoms. The number of nitrogens with one attached hydrogen (secondary N) is 6. The molecule has 4 aromatic carbocycles. The van der Waals surface area contributed by atoms with E-state index >= 15 is 0 Å². The number of carbonyl (C=O) groups excluding carboxylic acids is 4. The summed E-state index contributed by atoms with van der Waals surface area (Å²) in [7, 11) is -7.72. The first-order valence-corrected chi connectivity index (χ1v) is 40.9. The molecule has 2 aliphatic carbocycles. The van der Waals surface area contributed by atoms with Crippen molar-refractivity contribution >= 4 is 90.5 Å². The van der Waals surface area contributed by atoms with Gasteiger partial charge in [0, 0.05) is 94.4 Å². The van der Waals surface area contributed by atoms with Gasteiger partial charge < -0.3 is 40.2 Å².